The number of nitrogens with one attached hydrogen (secondary N) is 1. The maximum atomic E-state index is 12.3. The number of anilines is 1. The van der Waals surface area contributed by atoms with Crippen LogP contribution in [0.2, 0.25) is 0 Å². The number of rotatable bonds is 4. The van der Waals surface area contributed by atoms with E-state index in [1.165, 1.54) is 11.3 Å². The predicted molar refractivity (Wildman–Crippen MR) is 108 cm³/mol. The average molecular weight is 380 g/mol. The van der Waals surface area contributed by atoms with Crippen LogP contribution in [0.4, 0.5) is 10.6 Å². The zero-order valence-corrected chi connectivity index (χ0v) is 16.2. The number of aldehydes is 1. The summed E-state index contributed by atoms with van der Waals surface area (Å²) in [7, 11) is 0. The number of amides is 1. The van der Waals surface area contributed by atoms with Crippen LogP contribution in [0.3, 0.4) is 0 Å². The minimum atomic E-state index is -0.611. The van der Waals surface area contributed by atoms with Gasteiger partial charge in [-0.25, -0.2) is 9.78 Å². The zero-order chi connectivity index (χ0) is 19.4. The minimum Gasteiger partial charge on any atom is -0.444 e. The van der Waals surface area contributed by atoms with E-state index in [1.807, 2.05) is 42.5 Å². The lowest BCUT2D eigenvalue weighted by atomic mass is 10.1. The second-order valence-electron chi connectivity index (χ2n) is 6.89. The van der Waals surface area contributed by atoms with Crippen LogP contribution in [0.1, 0.15) is 31.1 Å². The van der Waals surface area contributed by atoms with Crippen molar-refractivity contribution >= 4 is 29.5 Å². The zero-order valence-electron chi connectivity index (χ0n) is 15.4. The standard InChI is InChI=1S/C21H20N2O3S/c1-21(2,3)26-20(25)23-18-17(14-9-5-4-6-10-14)27-19(22-18)16-12-8-7-11-15(16)13-24/h4-13H,1-3H3,(H,23,25). The van der Waals surface area contributed by atoms with Crippen molar-refractivity contribution in [2.75, 3.05) is 5.32 Å². The fourth-order valence-corrected chi connectivity index (χ4v) is 3.57. The third-order valence-corrected chi connectivity index (χ3v) is 4.74. The molecule has 0 radical (unpaired) electrons. The highest BCUT2D eigenvalue weighted by Gasteiger charge is 2.21. The first-order chi connectivity index (χ1) is 12.9. The normalized spacial score (nSPS) is 11.1. The molecular formula is C21H20N2O3S. The topological polar surface area (TPSA) is 68.3 Å². The van der Waals surface area contributed by atoms with Crippen LogP contribution in [-0.4, -0.2) is 23.0 Å². The summed E-state index contributed by atoms with van der Waals surface area (Å²) in [5.74, 6) is 0.413. The van der Waals surface area contributed by atoms with E-state index in [9.17, 15) is 9.59 Å². The Morgan fingerprint density at radius 2 is 1.74 bits per heavy atom. The molecule has 0 fully saturated rings. The number of nitrogens with zero attached hydrogens (tertiary/aromatic N) is 1. The third kappa shape index (κ3) is 4.60. The molecule has 5 nitrogen and oxygen atoms in total. The number of ether oxygens (including phenoxy) is 1. The lowest BCUT2D eigenvalue weighted by Crippen LogP contribution is -2.27. The van der Waals surface area contributed by atoms with Gasteiger partial charge in [0, 0.05) is 11.1 Å². The second-order valence-corrected chi connectivity index (χ2v) is 7.89. The van der Waals surface area contributed by atoms with Crippen molar-refractivity contribution in [1.29, 1.82) is 0 Å². The van der Waals surface area contributed by atoms with Crippen molar-refractivity contribution in [2.45, 2.75) is 26.4 Å². The van der Waals surface area contributed by atoms with Crippen LogP contribution in [-0.2, 0) is 4.74 Å². The lowest BCUT2D eigenvalue weighted by molar-refractivity contribution is 0.0635. The van der Waals surface area contributed by atoms with Crippen molar-refractivity contribution in [3.63, 3.8) is 0 Å². The molecule has 0 aliphatic carbocycles. The summed E-state index contributed by atoms with van der Waals surface area (Å²) in [4.78, 5) is 29.0. The van der Waals surface area contributed by atoms with E-state index in [2.05, 4.69) is 10.3 Å². The van der Waals surface area contributed by atoms with Crippen LogP contribution < -0.4 is 5.32 Å². The Labute approximate surface area is 162 Å². The van der Waals surface area contributed by atoms with Crippen LogP contribution in [0.15, 0.2) is 54.6 Å². The van der Waals surface area contributed by atoms with Crippen molar-refractivity contribution < 1.29 is 14.3 Å². The van der Waals surface area contributed by atoms with Gasteiger partial charge in [-0.3, -0.25) is 10.1 Å². The van der Waals surface area contributed by atoms with E-state index in [-0.39, 0.29) is 0 Å². The van der Waals surface area contributed by atoms with Gasteiger partial charge in [0.25, 0.3) is 0 Å². The predicted octanol–water partition coefficient (Wildman–Crippen LogP) is 5.64. The SMILES string of the molecule is CC(C)(C)OC(=O)Nc1nc(-c2ccccc2C=O)sc1-c1ccccc1. The van der Waals surface area contributed by atoms with Gasteiger partial charge in [-0.05, 0) is 26.3 Å². The van der Waals surface area contributed by atoms with Gasteiger partial charge in [0.15, 0.2) is 12.1 Å². The number of hydrogen-bond acceptors (Lipinski definition) is 5. The highest BCUT2D eigenvalue weighted by Crippen LogP contribution is 2.39. The maximum Gasteiger partial charge on any atom is 0.413 e. The summed E-state index contributed by atoms with van der Waals surface area (Å²) in [6, 6.07) is 16.9. The van der Waals surface area contributed by atoms with Crippen LogP contribution in [0.5, 0.6) is 0 Å². The molecule has 0 aliphatic heterocycles. The fraction of sp³-hybridized carbons (Fsp3) is 0.190. The fourth-order valence-electron chi connectivity index (χ4n) is 2.50. The molecule has 27 heavy (non-hydrogen) atoms. The molecule has 1 N–H and O–H groups in total. The molecule has 1 aromatic heterocycles. The maximum absolute atomic E-state index is 12.3. The van der Waals surface area contributed by atoms with Crippen molar-refractivity contribution in [2.24, 2.45) is 0 Å². The average Bonchev–Trinajstić information content (AvgIpc) is 3.04. The molecule has 138 valence electrons. The number of carbonyl (C=O) groups excluding carboxylic acids is 2. The van der Waals surface area contributed by atoms with Crippen molar-refractivity contribution in [1.82, 2.24) is 4.98 Å². The van der Waals surface area contributed by atoms with Gasteiger partial charge in [-0.2, -0.15) is 0 Å². The summed E-state index contributed by atoms with van der Waals surface area (Å²) in [6.45, 7) is 5.41. The van der Waals surface area contributed by atoms with E-state index in [0.29, 0.717) is 16.4 Å². The van der Waals surface area contributed by atoms with Crippen molar-refractivity contribution in [3.05, 3.63) is 60.2 Å². The van der Waals surface area contributed by atoms with Crippen LogP contribution in [0, 0.1) is 0 Å². The number of aromatic nitrogens is 1. The molecule has 0 atom stereocenters. The van der Waals surface area contributed by atoms with Gasteiger partial charge in [0.05, 0.1) is 4.88 Å². The molecule has 3 aromatic rings. The summed E-state index contributed by atoms with van der Waals surface area (Å²) >= 11 is 1.41. The number of hydrogen-bond donors (Lipinski definition) is 1. The second kappa shape index (κ2) is 7.72. The molecule has 1 amide bonds. The molecule has 1 heterocycles. The van der Waals surface area contributed by atoms with Crippen LogP contribution >= 0.6 is 11.3 Å². The first-order valence-corrected chi connectivity index (χ1v) is 9.30. The van der Waals surface area contributed by atoms with Gasteiger partial charge in [-0.1, -0.05) is 54.6 Å². The summed E-state index contributed by atoms with van der Waals surface area (Å²) in [5.41, 5.74) is 1.59. The first-order valence-electron chi connectivity index (χ1n) is 8.48. The highest BCUT2D eigenvalue weighted by molar-refractivity contribution is 7.19. The Morgan fingerprint density at radius 1 is 1.07 bits per heavy atom. The van der Waals surface area contributed by atoms with Gasteiger partial charge in [-0.15, -0.1) is 11.3 Å². The Balaban J connectivity index is 2.04. The number of thiazole rings is 1. The lowest BCUT2D eigenvalue weighted by Gasteiger charge is -2.19. The molecule has 2 aromatic carbocycles. The van der Waals surface area contributed by atoms with Gasteiger partial charge < -0.3 is 4.74 Å². The first kappa shape index (κ1) is 18.8. The van der Waals surface area contributed by atoms with E-state index in [4.69, 9.17) is 4.74 Å². The van der Waals surface area contributed by atoms with Gasteiger partial charge >= 0.3 is 6.09 Å². The Kier molecular flexibility index (Phi) is 5.37. The Bertz CT molecular complexity index is 959. The molecule has 0 unspecified atom stereocenters. The Morgan fingerprint density at radius 3 is 2.41 bits per heavy atom. The number of carbonyl (C=O) groups is 2. The Hall–Kier alpha value is -2.99. The largest absolute Gasteiger partial charge is 0.444 e. The summed E-state index contributed by atoms with van der Waals surface area (Å²) in [6.07, 6.45) is 0.236. The van der Waals surface area contributed by atoms with E-state index >= 15 is 0 Å². The van der Waals surface area contributed by atoms with E-state index < -0.39 is 11.7 Å². The molecule has 6 heteroatoms. The van der Waals surface area contributed by atoms with Crippen LogP contribution in [0.25, 0.3) is 21.0 Å². The minimum absolute atomic E-state index is 0.413. The van der Waals surface area contributed by atoms with Gasteiger partial charge in [0.2, 0.25) is 0 Å². The smallest absolute Gasteiger partial charge is 0.413 e. The number of benzene rings is 2. The highest BCUT2D eigenvalue weighted by atomic mass is 32.1. The third-order valence-electron chi connectivity index (χ3n) is 3.60. The molecule has 0 aliphatic rings. The van der Waals surface area contributed by atoms with Crippen molar-refractivity contribution in [3.8, 4) is 21.0 Å². The van der Waals surface area contributed by atoms with E-state index in [1.54, 1.807) is 32.9 Å². The van der Waals surface area contributed by atoms with Gasteiger partial charge in [0.1, 0.15) is 10.6 Å². The molecule has 0 saturated carbocycles. The molecular weight excluding hydrogens is 360 g/mol. The van der Waals surface area contributed by atoms with E-state index in [0.717, 1.165) is 22.3 Å². The quantitative estimate of drug-likeness (QED) is 0.595. The molecule has 3 rings (SSSR count). The monoisotopic (exact) mass is 380 g/mol. The molecule has 0 saturated heterocycles. The summed E-state index contributed by atoms with van der Waals surface area (Å²) in [5, 5.41) is 3.40. The molecule has 0 bridgehead atoms. The summed E-state index contributed by atoms with van der Waals surface area (Å²) < 4.78 is 5.35. The molecule has 0 spiro atoms.